The number of aryl methyl sites for hydroxylation is 1. The lowest BCUT2D eigenvalue weighted by molar-refractivity contribution is 0.0141. The Morgan fingerprint density at radius 3 is 2.09 bits per heavy atom. The molecule has 1 aliphatic heterocycles. The van der Waals surface area contributed by atoms with E-state index in [-0.39, 0.29) is 17.2 Å². The van der Waals surface area contributed by atoms with Gasteiger partial charge in [0.1, 0.15) is 11.4 Å². The zero-order chi connectivity index (χ0) is 33.0. The lowest BCUT2D eigenvalue weighted by Gasteiger charge is -2.47. The van der Waals surface area contributed by atoms with Crippen molar-refractivity contribution in [3.63, 3.8) is 0 Å². The monoisotopic (exact) mass is 634 g/mol. The molecule has 1 fully saturated rings. The lowest BCUT2D eigenvalue weighted by atomic mass is 9.98. The number of benzene rings is 3. The van der Waals surface area contributed by atoms with Crippen molar-refractivity contribution in [2.24, 2.45) is 0 Å². The Morgan fingerprint density at radius 1 is 0.870 bits per heavy atom. The zero-order valence-electron chi connectivity index (χ0n) is 28.1. The Morgan fingerprint density at radius 2 is 1.52 bits per heavy atom. The van der Waals surface area contributed by atoms with Crippen LogP contribution in [0.5, 0.6) is 11.6 Å². The summed E-state index contributed by atoms with van der Waals surface area (Å²) in [5, 5.41) is 2.18. The van der Waals surface area contributed by atoms with Crippen LogP contribution >= 0.6 is 0 Å². The van der Waals surface area contributed by atoms with Gasteiger partial charge in [-0.05, 0) is 78.4 Å². The summed E-state index contributed by atoms with van der Waals surface area (Å²) in [5.74, 6) is 1.26. The summed E-state index contributed by atoms with van der Waals surface area (Å²) < 4.78 is 19.5. The van der Waals surface area contributed by atoms with Gasteiger partial charge < -0.3 is 18.8 Å². The fourth-order valence-electron chi connectivity index (χ4n) is 6.03. The predicted molar refractivity (Wildman–Crippen MR) is 188 cm³/mol. The molecule has 0 N–H and O–H groups in total. The van der Waals surface area contributed by atoms with Gasteiger partial charge in [-0.2, -0.15) is 0 Å². The molecule has 4 aromatic rings. The van der Waals surface area contributed by atoms with Gasteiger partial charge in [-0.3, -0.25) is 0 Å². The summed E-state index contributed by atoms with van der Waals surface area (Å²) in [6, 6.07) is 33.1. The minimum absolute atomic E-state index is 0.218. The third-order valence-electron chi connectivity index (χ3n) is 8.17. The van der Waals surface area contributed by atoms with E-state index in [1.807, 2.05) is 70.2 Å². The van der Waals surface area contributed by atoms with Crippen LogP contribution in [0.2, 0.25) is 5.04 Å². The van der Waals surface area contributed by atoms with E-state index in [0.717, 1.165) is 16.7 Å². The first-order valence-corrected chi connectivity index (χ1v) is 17.9. The molecule has 0 aliphatic carbocycles. The Hall–Kier alpha value is -4.20. The molecule has 46 heavy (non-hydrogen) atoms. The minimum Gasteiger partial charge on any atom is -0.444 e. The van der Waals surface area contributed by atoms with Gasteiger partial charge in [0, 0.05) is 18.8 Å². The normalized spacial score (nSPS) is 16.7. The number of carbonyl (C=O) groups excluding carboxylic acids is 1. The van der Waals surface area contributed by atoms with Gasteiger partial charge >= 0.3 is 6.09 Å². The molecule has 1 saturated heterocycles. The largest absolute Gasteiger partial charge is 0.444 e. The van der Waals surface area contributed by atoms with Gasteiger partial charge in [0.2, 0.25) is 5.88 Å². The van der Waals surface area contributed by atoms with Crippen molar-refractivity contribution in [3.05, 3.63) is 120 Å². The number of piperidine rings is 1. The van der Waals surface area contributed by atoms with Crippen LogP contribution < -0.4 is 15.1 Å². The fourth-order valence-corrected chi connectivity index (χ4v) is 10.7. The van der Waals surface area contributed by atoms with Crippen LogP contribution in [0.3, 0.4) is 0 Å². The third kappa shape index (κ3) is 7.77. The van der Waals surface area contributed by atoms with Gasteiger partial charge in [-0.15, -0.1) is 0 Å². The molecule has 3 aromatic carbocycles. The van der Waals surface area contributed by atoms with Gasteiger partial charge in [0.05, 0.1) is 12.6 Å². The van der Waals surface area contributed by atoms with E-state index >= 15 is 0 Å². The van der Waals surface area contributed by atoms with Crippen LogP contribution in [-0.4, -0.2) is 49.1 Å². The van der Waals surface area contributed by atoms with Gasteiger partial charge in [0.25, 0.3) is 8.32 Å². The number of carbonyl (C=O) groups is 1. The van der Waals surface area contributed by atoms with Crippen molar-refractivity contribution in [1.82, 2.24) is 9.88 Å². The van der Waals surface area contributed by atoms with Crippen LogP contribution in [0.15, 0.2) is 109 Å². The third-order valence-corrected chi connectivity index (χ3v) is 13.2. The molecule has 0 radical (unpaired) electrons. The van der Waals surface area contributed by atoms with Crippen molar-refractivity contribution in [2.45, 2.75) is 71.6 Å². The minimum atomic E-state index is -2.93. The van der Waals surface area contributed by atoms with Crippen molar-refractivity contribution in [3.8, 4) is 11.6 Å². The molecule has 2 heterocycles. The molecule has 7 heteroatoms. The van der Waals surface area contributed by atoms with Crippen LogP contribution in [-0.2, 0) is 9.16 Å². The summed E-state index contributed by atoms with van der Waals surface area (Å²) in [6.45, 7) is 15.5. The summed E-state index contributed by atoms with van der Waals surface area (Å²) in [7, 11) is -2.93. The van der Waals surface area contributed by atoms with E-state index < -0.39 is 13.9 Å². The van der Waals surface area contributed by atoms with E-state index in [0.29, 0.717) is 31.1 Å². The number of nitrogens with zero attached hydrogens (tertiary/aromatic N) is 2. The second-order valence-electron chi connectivity index (χ2n) is 14.0. The van der Waals surface area contributed by atoms with Crippen molar-refractivity contribution in [2.75, 3.05) is 13.1 Å². The number of pyridine rings is 1. The first-order valence-electron chi connectivity index (χ1n) is 16.0. The Bertz CT molecular complexity index is 1600. The van der Waals surface area contributed by atoms with Crippen LogP contribution in [0.1, 0.15) is 59.1 Å². The molecule has 1 aromatic heterocycles. The molecule has 5 rings (SSSR count). The highest BCUT2D eigenvalue weighted by molar-refractivity contribution is 6.99. The molecule has 0 spiro atoms. The number of ether oxygens (including phenoxy) is 2. The van der Waals surface area contributed by atoms with E-state index in [1.165, 1.54) is 10.4 Å². The highest BCUT2D eigenvalue weighted by Crippen LogP contribution is 2.39. The molecular formula is C39H46N2O4Si. The maximum atomic E-state index is 13.4. The second kappa shape index (κ2) is 13.7. The van der Waals surface area contributed by atoms with Crippen molar-refractivity contribution < 1.29 is 18.7 Å². The van der Waals surface area contributed by atoms with Crippen LogP contribution in [0.25, 0.3) is 6.08 Å². The van der Waals surface area contributed by atoms with Crippen LogP contribution in [0, 0.1) is 6.92 Å². The SMILES string of the molecule is Cc1ccc(Oc2cccc(/C=C3\CCN(C(=O)OC(C)(C)C)CC3O[Si](c3ccccc3)(c3ccccc3)C(C)(C)C)c2)nc1. The highest BCUT2D eigenvalue weighted by Gasteiger charge is 2.52. The zero-order valence-corrected chi connectivity index (χ0v) is 29.1. The molecule has 0 bridgehead atoms. The quantitative estimate of drug-likeness (QED) is 0.192. The molecule has 1 atom stereocenters. The number of hydrogen-bond acceptors (Lipinski definition) is 5. The van der Waals surface area contributed by atoms with E-state index in [4.69, 9.17) is 13.9 Å². The number of aromatic nitrogens is 1. The standard InChI is InChI=1S/C39H46N2O4Si/c1-29-21-22-36(40-27-29)43-32-16-14-15-30(26-32)25-31-23-24-41(37(42)44-38(2,3)4)28-35(31)45-46(39(5,6)7,33-17-10-8-11-18-33)34-19-12-9-13-20-34/h8-22,25-27,35H,23-24,28H2,1-7H3/b31-25+. The molecule has 1 amide bonds. The number of amides is 1. The number of rotatable bonds is 7. The topological polar surface area (TPSA) is 60.9 Å². The predicted octanol–water partition coefficient (Wildman–Crippen LogP) is 8.15. The maximum absolute atomic E-state index is 13.4. The van der Waals surface area contributed by atoms with Crippen molar-refractivity contribution >= 4 is 30.9 Å². The molecular weight excluding hydrogens is 589 g/mol. The van der Waals surface area contributed by atoms with Crippen LogP contribution in [0.4, 0.5) is 4.79 Å². The number of hydrogen-bond donors (Lipinski definition) is 0. The average molecular weight is 635 g/mol. The number of likely N-dealkylation sites (tertiary alicyclic amines) is 1. The highest BCUT2D eigenvalue weighted by atomic mass is 28.4. The van der Waals surface area contributed by atoms with Gasteiger partial charge in [0.15, 0.2) is 0 Å². The first-order chi connectivity index (χ1) is 21.8. The van der Waals surface area contributed by atoms with Gasteiger partial charge in [-0.25, -0.2) is 9.78 Å². The maximum Gasteiger partial charge on any atom is 0.410 e. The molecule has 0 saturated carbocycles. The smallest absolute Gasteiger partial charge is 0.410 e. The molecule has 1 aliphatic rings. The first kappa shape index (κ1) is 33.2. The lowest BCUT2D eigenvalue weighted by Crippen LogP contribution is -2.68. The molecule has 6 nitrogen and oxygen atoms in total. The Kier molecular flexibility index (Phi) is 9.84. The van der Waals surface area contributed by atoms with E-state index in [1.54, 1.807) is 11.1 Å². The summed E-state index contributed by atoms with van der Waals surface area (Å²) in [6.07, 6.45) is 3.99. The average Bonchev–Trinajstić information content (AvgIpc) is 3.01. The summed E-state index contributed by atoms with van der Waals surface area (Å²) in [5.41, 5.74) is 2.63. The Labute approximate surface area is 275 Å². The van der Waals surface area contributed by atoms with E-state index in [9.17, 15) is 4.79 Å². The molecule has 1 unspecified atom stereocenters. The van der Waals surface area contributed by atoms with Gasteiger partial charge in [-0.1, -0.05) is 106 Å². The second-order valence-corrected chi connectivity index (χ2v) is 18.3. The van der Waals surface area contributed by atoms with E-state index in [2.05, 4.69) is 86.4 Å². The summed E-state index contributed by atoms with van der Waals surface area (Å²) in [4.78, 5) is 19.6. The summed E-state index contributed by atoms with van der Waals surface area (Å²) >= 11 is 0. The fraction of sp³-hybridized carbons (Fsp3) is 0.333. The van der Waals surface area contributed by atoms with Crippen molar-refractivity contribution in [1.29, 1.82) is 0 Å². The molecule has 240 valence electrons. The Balaban J connectivity index is 1.57.